The Morgan fingerprint density at radius 1 is 1.24 bits per heavy atom. The lowest BCUT2D eigenvalue weighted by Crippen LogP contribution is -2.23. The van der Waals surface area contributed by atoms with Crippen LogP contribution in [0.3, 0.4) is 0 Å². The molecule has 1 aromatic rings. The van der Waals surface area contributed by atoms with Crippen LogP contribution in [0, 0.1) is 10.1 Å². The van der Waals surface area contributed by atoms with Crippen LogP contribution < -0.4 is 4.90 Å². The zero-order valence-electron chi connectivity index (χ0n) is 10.8. The van der Waals surface area contributed by atoms with Gasteiger partial charge in [0.15, 0.2) is 0 Å². The summed E-state index contributed by atoms with van der Waals surface area (Å²) in [5.74, 6) is 0. The van der Waals surface area contributed by atoms with Gasteiger partial charge >= 0.3 is 0 Å². The molecule has 1 rings (SSSR count). The van der Waals surface area contributed by atoms with E-state index in [4.69, 9.17) is 0 Å². The Labute approximate surface area is 102 Å². The van der Waals surface area contributed by atoms with E-state index >= 15 is 0 Å². The van der Waals surface area contributed by atoms with Crippen LogP contribution in [0.1, 0.15) is 32.8 Å². The van der Waals surface area contributed by atoms with E-state index in [9.17, 15) is 10.1 Å². The predicted octanol–water partition coefficient (Wildman–Crippen LogP) is 3.39. The molecule has 0 aliphatic heterocycles. The molecule has 0 saturated heterocycles. The molecule has 0 heterocycles. The van der Waals surface area contributed by atoms with E-state index < -0.39 is 0 Å². The quantitative estimate of drug-likeness (QED) is 0.561. The summed E-state index contributed by atoms with van der Waals surface area (Å²) < 4.78 is 0. The van der Waals surface area contributed by atoms with Crippen LogP contribution in [0.5, 0.6) is 0 Å². The van der Waals surface area contributed by atoms with Gasteiger partial charge in [-0.05, 0) is 31.9 Å². The van der Waals surface area contributed by atoms with Crippen molar-refractivity contribution >= 4 is 11.4 Å². The molecule has 0 N–H and O–H groups in total. The molecule has 0 fully saturated rings. The van der Waals surface area contributed by atoms with Crippen molar-refractivity contribution in [2.75, 3.05) is 18.0 Å². The highest BCUT2D eigenvalue weighted by molar-refractivity contribution is 5.58. The zero-order valence-corrected chi connectivity index (χ0v) is 10.8. The van der Waals surface area contributed by atoms with Gasteiger partial charge in [-0.1, -0.05) is 13.3 Å². The Hall–Kier alpha value is -1.58. The molecular formula is C13H20N2O2. The first-order valence-corrected chi connectivity index (χ1v) is 6.16. The van der Waals surface area contributed by atoms with E-state index in [1.165, 1.54) is 0 Å². The van der Waals surface area contributed by atoms with Crippen LogP contribution in [0.15, 0.2) is 18.2 Å². The van der Waals surface area contributed by atoms with Crippen molar-refractivity contribution in [3.05, 3.63) is 33.9 Å². The second-order valence-electron chi connectivity index (χ2n) is 3.99. The average molecular weight is 236 g/mol. The summed E-state index contributed by atoms with van der Waals surface area (Å²) in [6.45, 7) is 8.13. The van der Waals surface area contributed by atoms with Crippen molar-refractivity contribution < 1.29 is 4.92 Å². The van der Waals surface area contributed by atoms with Crippen molar-refractivity contribution in [1.82, 2.24) is 0 Å². The summed E-state index contributed by atoms with van der Waals surface area (Å²) in [5.41, 5.74) is 2.39. The van der Waals surface area contributed by atoms with Crippen LogP contribution in [0.4, 0.5) is 11.4 Å². The van der Waals surface area contributed by atoms with Crippen molar-refractivity contribution in [1.29, 1.82) is 0 Å². The number of benzene rings is 1. The van der Waals surface area contributed by atoms with Crippen molar-refractivity contribution in [2.24, 2.45) is 0 Å². The Kier molecular flexibility index (Phi) is 4.94. The highest BCUT2D eigenvalue weighted by Crippen LogP contribution is 2.26. The van der Waals surface area contributed by atoms with Crippen LogP contribution in [0.25, 0.3) is 0 Å². The number of anilines is 1. The first-order chi connectivity index (χ1) is 8.13. The summed E-state index contributed by atoms with van der Waals surface area (Å²) in [7, 11) is 0. The van der Waals surface area contributed by atoms with E-state index in [0.717, 1.165) is 37.2 Å². The molecule has 17 heavy (non-hydrogen) atoms. The van der Waals surface area contributed by atoms with E-state index in [0.29, 0.717) is 0 Å². The minimum atomic E-state index is -0.328. The lowest BCUT2D eigenvalue weighted by atomic mass is 10.1. The second kappa shape index (κ2) is 6.23. The molecule has 1 aromatic carbocycles. The number of aryl methyl sites for hydroxylation is 1. The SMILES string of the molecule is CCCc1cc([N+](=O)[O-])ccc1N(CC)CC. The monoisotopic (exact) mass is 236 g/mol. The highest BCUT2D eigenvalue weighted by Gasteiger charge is 2.13. The average Bonchev–Trinajstić information content (AvgIpc) is 2.32. The molecule has 0 atom stereocenters. The summed E-state index contributed by atoms with van der Waals surface area (Å²) in [5, 5.41) is 10.8. The summed E-state index contributed by atoms with van der Waals surface area (Å²) in [4.78, 5) is 12.7. The van der Waals surface area contributed by atoms with Gasteiger partial charge in [0.1, 0.15) is 0 Å². The van der Waals surface area contributed by atoms with E-state index in [1.54, 1.807) is 12.1 Å². The lowest BCUT2D eigenvalue weighted by molar-refractivity contribution is -0.384. The molecular weight excluding hydrogens is 216 g/mol. The molecule has 0 aliphatic rings. The summed E-state index contributed by atoms with van der Waals surface area (Å²) >= 11 is 0. The Morgan fingerprint density at radius 2 is 1.88 bits per heavy atom. The molecule has 0 saturated carbocycles. The number of rotatable bonds is 6. The van der Waals surface area contributed by atoms with Crippen molar-refractivity contribution in [3.8, 4) is 0 Å². The van der Waals surface area contributed by atoms with Crippen molar-refractivity contribution in [3.63, 3.8) is 0 Å². The fourth-order valence-corrected chi connectivity index (χ4v) is 2.03. The Morgan fingerprint density at radius 3 is 2.35 bits per heavy atom. The first kappa shape index (κ1) is 13.5. The zero-order chi connectivity index (χ0) is 12.8. The molecule has 0 bridgehead atoms. The van der Waals surface area contributed by atoms with Crippen LogP contribution >= 0.6 is 0 Å². The second-order valence-corrected chi connectivity index (χ2v) is 3.99. The molecule has 94 valence electrons. The topological polar surface area (TPSA) is 46.4 Å². The van der Waals surface area contributed by atoms with Crippen molar-refractivity contribution in [2.45, 2.75) is 33.6 Å². The highest BCUT2D eigenvalue weighted by atomic mass is 16.6. The molecule has 4 heteroatoms. The van der Waals surface area contributed by atoms with Gasteiger partial charge in [0.2, 0.25) is 0 Å². The van der Waals surface area contributed by atoms with E-state index in [-0.39, 0.29) is 10.6 Å². The molecule has 0 unspecified atom stereocenters. The fraction of sp³-hybridized carbons (Fsp3) is 0.538. The number of hydrogen-bond donors (Lipinski definition) is 0. The summed E-state index contributed by atoms with van der Waals surface area (Å²) in [6, 6.07) is 5.17. The van der Waals surface area contributed by atoms with Gasteiger partial charge in [-0.15, -0.1) is 0 Å². The van der Waals surface area contributed by atoms with Gasteiger partial charge in [-0.2, -0.15) is 0 Å². The Balaban J connectivity index is 3.15. The van der Waals surface area contributed by atoms with Gasteiger partial charge in [0.25, 0.3) is 5.69 Å². The van der Waals surface area contributed by atoms with E-state index in [2.05, 4.69) is 25.7 Å². The van der Waals surface area contributed by atoms with Crippen LogP contribution in [0.2, 0.25) is 0 Å². The number of nitrogens with zero attached hydrogens (tertiary/aromatic N) is 2. The number of hydrogen-bond acceptors (Lipinski definition) is 3. The molecule has 0 aromatic heterocycles. The third kappa shape index (κ3) is 3.19. The van der Waals surface area contributed by atoms with Gasteiger partial charge in [-0.25, -0.2) is 0 Å². The molecule has 0 amide bonds. The normalized spacial score (nSPS) is 10.3. The predicted molar refractivity (Wildman–Crippen MR) is 70.7 cm³/mol. The number of nitro benzene ring substituents is 1. The fourth-order valence-electron chi connectivity index (χ4n) is 2.03. The summed E-state index contributed by atoms with van der Waals surface area (Å²) in [6.07, 6.45) is 1.88. The number of nitro groups is 1. The molecule has 0 radical (unpaired) electrons. The maximum Gasteiger partial charge on any atom is 0.269 e. The maximum absolute atomic E-state index is 10.8. The molecule has 4 nitrogen and oxygen atoms in total. The van der Waals surface area contributed by atoms with Gasteiger partial charge < -0.3 is 4.90 Å². The van der Waals surface area contributed by atoms with Gasteiger partial charge in [-0.3, -0.25) is 10.1 Å². The third-order valence-corrected chi connectivity index (χ3v) is 2.90. The Bertz CT molecular complexity index is 387. The minimum Gasteiger partial charge on any atom is -0.372 e. The lowest BCUT2D eigenvalue weighted by Gasteiger charge is -2.23. The smallest absolute Gasteiger partial charge is 0.269 e. The van der Waals surface area contributed by atoms with E-state index in [1.807, 2.05) is 6.07 Å². The van der Waals surface area contributed by atoms with Gasteiger partial charge in [0.05, 0.1) is 4.92 Å². The largest absolute Gasteiger partial charge is 0.372 e. The third-order valence-electron chi connectivity index (χ3n) is 2.90. The van der Waals surface area contributed by atoms with Crippen LogP contribution in [-0.2, 0) is 6.42 Å². The standard InChI is InChI=1S/C13H20N2O2/c1-4-7-11-10-12(15(16)17)8-9-13(11)14(5-2)6-3/h8-10H,4-7H2,1-3H3. The van der Waals surface area contributed by atoms with Gasteiger partial charge in [0, 0.05) is 30.9 Å². The maximum atomic E-state index is 10.8. The first-order valence-electron chi connectivity index (χ1n) is 6.16. The minimum absolute atomic E-state index is 0.185. The number of non-ortho nitro benzene ring substituents is 1. The van der Waals surface area contributed by atoms with Crippen LogP contribution in [-0.4, -0.2) is 18.0 Å². The molecule has 0 spiro atoms. The molecule has 0 aliphatic carbocycles.